The Morgan fingerprint density at radius 3 is 2.52 bits per heavy atom. The molecule has 21 heavy (non-hydrogen) atoms. The molecule has 4 heteroatoms. The minimum Gasteiger partial charge on any atom is -0.497 e. The van der Waals surface area contributed by atoms with Crippen molar-refractivity contribution in [3.8, 4) is 5.75 Å². The van der Waals surface area contributed by atoms with Crippen LogP contribution >= 0.6 is 0 Å². The van der Waals surface area contributed by atoms with Gasteiger partial charge in [-0.25, -0.2) is 9.97 Å². The Balaban J connectivity index is 1.82. The van der Waals surface area contributed by atoms with E-state index < -0.39 is 0 Å². The highest BCUT2D eigenvalue weighted by Crippen LogP contribution is 2.18. The molecule has 0 bridgehead atoms. The monoisotopic (exact) mass is 279 g/mol. The Hall–Kier alpha value is -2.62. The number of hydrogen-bond donors (Lipinski definition) is 1. The third-order valence-electron chi connectivity index (χ3n) is 3.34. The smallest absolute Gasteiger partial charge is 0.148 e. The summed E-state index contributed by atoms with van der Waals surface area (Å²) in [6.07, 6.45) is 0. The largest absolute Gasteiger partial charge is 0.497 e. The summed E-state index contributed by atoms with van der Waals surface area (Å²) in [7, 11) is 1.67. The van der Waals surface area contributed by atoms with Crippen LogP contribution in [0.15, 0.2) is 48.5 Å². The molecule has 4 nitrogen and oxygen atoms in total. The molecular formula is C17H17N3O. The van der Waals surface area contributed by atoms with E-state index in [2.05, 4.69) is 21.4 Å². The Kier molecular flexibility index (Phi) is 3.69. The lowest BCUT2D eigenvalue weighted by atomic mass is 10.2. The van der Waals surface area contributed by atoms with Gasteiger partial charge < -0.3 is 10.1 Å². The van der Waals surface area contributed by atoms with Gasteiger partial charge in [0, 0.05) is 6.54 Å². The predicted octanol–water partition coefficient (Wildman–Crippen LogP) is 3.56. The third-order valence-corrected chi connectivity index (χ3v) is 3.34. The van der Waals surface area contributed by atoms with Crippen LogP contribution in [-0.2, 0) is 6.54 Å². The van der Waals surface area contributed by atoms with Crippen LogP contribution in [0.1, 0.15) is 11.3 Å². The van der Waals surface area contributed by atoms with Crippen molar-refractivity contribution in [2.75, 3.05) is 12.4 Å². The molecule has 1 aromatic heterocycles. The maximum absolute atomic E-state index is 5.23. The maximum Gasteiger partial charge on any atom is 0.148 e. The van der Waals surface area contributed by atoms with Crippen molar-refractivity contribution in [3.05, 3.63) is 59.8 Å². The molecule has 1 heterocycles. The highest BCUT2D eigenvalue weighted by atomic mass is 16.5. The number of para-hydroxylation sites is 2. The van der Waals surface area contributed by atoms with Gasteiger partial charge in [0.05, 0.1) is 23.8 Å². The van der Waals surface area contributed by atoms with Crippen molar-refractivity contribution in [1.29, 1.82) is 0 Å². The minimum absolute atomic E-state index is 0.686. The Labute approximate surface area is 123 Å². The summed E-state index contributed by atoms with van der Waals surface area (Å²) in [5.74, 6) is 1.67. The fourth-order valence-electron chi connectivity index (χ4n) is 2.22. The molecule has 0 spiro atoms. The normalized spacial score (nSPS) is 10.6. The van der Waals surface area contributed by atoms with Crippen LogP contribution in [0.25, 0.3) is 11.0 Å². The van der Waals surface area contributed by atoms with Gasteiger partial charge >= 0.3 is 0 Å². The first-order valence-electron chi connectivity index (χ1n) is 6.86. The lowest BCUT2D eigenvalue weighted by Crippen LogP contribution is -2.05. The first kappa shape index (κ1) is 13.4. The minimum atomic E-state index is 0.686. The predicted molar refractivity (Wildman–Crippen MR) is 84.6 cm³/mol. The highest BCUT2D eigenvalue weighted by molar-refractivity contribution is 5.76. The third kappa shape index (κ3) is 2.94. The Morgan fingerprint density at radius 2 is 1.76 bits per heavy atom. The van der Waals surface area contributed by atoms with Crippen molar-refractivity contribution in [2.24, 2.45) is 0 Å². The van der Waals surface area contributed by atoms with Gasteiger partial charge in [0.25, 0.3) is 0 Å². The molecular weight excluding hydrogens is 262 g/mol. The molecule has 0 amide bonds. The molecule has 2 aromatic carbocycles. The number of nitrogens with one attached hydrogen (secondary N) is 1. The van der Waals surface area contributed by atoms with Gasteiger partial charge in [0.2, 0.25) is 0 Å². The number of aromatic nitrogens is 2. The summed E-state index contributed by atoms with van der Waals surface area (Å²) in [4.78, 5) is 9.20. The van der Waals surface area contributed by atoms with Gasteiger partial charge in [-0.2, -0.15) is 0 Å². The van der Waals surface area contributed by atoms with Crippen LogP contribution in [0, 0.1) is 6.92 Å². The number of methoxy groups -OCH3 is 1. The molecule has 0 aliphatic carbocycles. The number of nitrogens with zero attached hydrogens (tertiary/aromatic N) is 2. The zero-order valence-electron chi connectivity index (χ0n) is 12.1. The molecule has 3 rings (SSSR count). The Morgan fingerprint density at radius 1 is 1.00 bits per heavy atom. The second kappa shape index (κ2) is 5.79. The van der Waals surface area contributed by atoms with E-state index >= 15 is 0 Å². The fourth-order valence-corrected chi connectivity index (χ4v) is 2.22. The summed E-state index contributed by atoms with van der Waals surface area (Å²) < 4.78 is 5.23. The molecule has 0 saturated heterocycles. The zero-order valence-corrected chi connectivity index (χ0v) is 12.1. The molecule has 0 unspecified atom stereocenters. The average molecular weight is 279 g/mol. The number of benzene rings is 2. The van der Waals surface area contributed by atoms with E-state index in [0.717, 1.165) is 33.9 Å². The quantitative estimate of drug-likeness (QED) is 0.793. The van der Waals surface area contributed by atoms with Crippen LogP contribution in [0.5, 0.6) is 5.75 Å². The summed E-state index contributed by atoms with van der Waals surface area (Å²) in [5.41, 5.74) is 3.86. The van der Waals surface area contributed by atoms with E-state index in [4.69, 9.17) is 4.74 Å². The maximum atomic E-state index is 5.23. The lowest BCUT2D eigenvalue weighted by Gasteiger charge is -2.10. The number of ether oxygens (including phenoxy) is 1. The average Bonchev–Trinajstić information content (AvgIpc) is 2.53. The summed E-state index contributed by atoms with van der Waals surface area (Å²) in [6.45, 7) is 2.65. The molecule has 3 aromatic rings. The SMILES string of the molecule is COc1cccc(CNc2nc3ccccc3nc2C)c1. The van der Waals surface area contributed by atoms with Gasteiger partial charge in [0.1, 0.15) is 11.6 Å². The first-order valence-corrected chi connectivity index (χ1v) is 6.86. The number of hydrogen-bond acceptors (Lipinski definition) is 4. The molecule has 106 valence electrons. The van der Waals surface area contributed by atoms with Crippen molar-refractivity contribution >= 4 is 16.9 Å². The van der Waals surface area contributed by atoms with E-state index in [-0.39, 0.29) is 0 Å². The van der Waals surface area contributed by atoms with E-state index in [9.17, 15) is 0 Å². The van der Waals surface area contributed by atoms with Crippen molar-refractivity contribution in [2.45, 2.75) is 13.5 Å². The van der Waals surface area contributed by atoms with E-state index in [1.54, 1.807) is 7.11 Å². The molecule has 0 aliphatic rings. The van der Waals surface area contributed by atoms with Gasteiger partial charge in [-0.1, -0.05) is 24.3 Å². The van der Waals surface area contributed by atoms with Gasteiger partial charge in [0.15, 0.2) is 0 Å². The molecule has 0 aliphatic heterocycles. The number of aryl methyl sites for hydroxylation is 1. The summed E-state index contributed by atoms with van der Waals surface area (Å²) in [5, 5.41) is 3.34. The van der Waals surface area contributed by atoms with Gasteiger partial charge in [-0.05, 0) is 36.8 Å². The summed E-state index contributed by atoms with van der Waals surface area (Å²) in [6, 6.07) is 15.9. The highest BCUT2D eigenvalue weighted by Gasteiger charge is 2.04. The van der Waals surface area contributed by atoms with Crippen LogP contribution in [0.3, 0.4) is 0 Å². The number of anilines is 1. The van der Waals surface area contributed by atoms with Crippen molar-refractivity contribution in [1.82, 2.24) is 9.97 Å². The topological polar surface area (TPSA) is 47.0 Å². The standard InChI is InChI=1S/C17H17N3O/c1-12-17(20-16-9-4-3-8-15(16)19-12)18-11-13-6-5-7-14(10-13)21-2/h3-10H,11H2,1-2H3,(H,18,20). The van der Waals surface area contributed by atoms with Crippen LogP contribution in [0.4, 0.5) is 5.82 Å². The number of fused-ring (bicyclic) bond motifs is 1. The molecule has 0 saturated carbocycles. The second-order valence-corrected chi connectivity index (χ2v) is 4.85. The summed E-state index contributed by atoms with van der Waals surface area (Å²) >= 11 is 0. The molecule has 0 radical (unpaired) electrons. The van der Waals surface area contributed by atoms with Gasteiger partial charge in [-0.3, -0.25) is 0 Å². The lowest BCUT2D eigenvalue weighted by molar-refractivity contribution is 0.414. The fraction of sp³-hybridized carbons (Fsp3) is 0.176. The zero-order chi connectivity index (χ0) is 14.7. The van der Waals surface area contributed by atoms with Crippen LogP contribution in [-0.4, -0.2) is 17.1 Å². The van der Waals surface area contributed by atoms with Gasteiger partial charge in [-0.15, -0.1) is 0 Å². The van der Waals surface area contributed by atoms with Crippen molar-refractivity contribution < 1.29 is 4.74 Å². The Bertz CT molecular complexity index is 771. The van der Waals surface area contributed by atoms with Crippen LogP contribution in [0.2, 0.25) is 0 Å². The molecule has 0 fully saturated rings. The second-order valence-electron chi connectivity index (χ2n) is 4.85. The molecule has 1 N–H and O–H groups in total. The van der Waals surface area contributed by atoms with E-state index in [0.29, 0.717) is 6.54 Å². The molecule has 0 atom stereocenters. The van der Waals surface area contributed by atoms with Crippen molar-refractivity contribution in [3.63, 3.8) is 0 Å². The number of rotatable bonds is 4. The van der Waals surface area contributed by atoms with Crippen LogP contribution < -0.4 is 10.1 Å². The first-order chi connectivity index (χ1) is 10.3. The van der Waals surface area contributed by atoms with E-state index in [1.807, 2.05) is 49.4 Å². The van der Waals surface area contributed by atoms with E-state index in [1.165, 1.54) is 0 Å².